The minimum Gasteiger partial charge on any atom is -0.461 e. The van der Waals surface area contributed by atoms with Gasteiger partial charge in [-0.3, -0.25) is 4.79 Å². The third-order valence-electron chi connectivity index (χ3n) is 5.47. The lowest BCUT2D eigenvalue weighted by Gasteiger charge is -2.03. The summed E-state index contributed by atoms with van der Waals surface area (Å²) in [6, 6.07) is 8.86. The van der Waals surface area contributed by atoms with E-state index in [9.17, 15) is 9.59 Å². The lowest BCUT2D eigenvalue weighted by atomic mass is 10.1. The number of carbonyl (C=O) groups is 2. The average Bonchev–Trinajstić information content (AvgIpc) is 2.84. The van der Waals surface area contributed by atoms with Crippen LogP contribution in [0.1, 0.15) is 107 Å². The Morgan fingerprint density at radius 3 is 1.85 bits per heavy atom. The van der Waals surface area contributed by atoms with Crippen molar-refractivity contribution in [1.82, 2.24) is 0 Å². The fourth-order valence-corrected chi connectivity index (χ4v) is 3.47. The van der Waals surface area contributed by atoms with Gasteiger partial charge in [-0.2, -0.15) is 0 Å². The van der Waals surface area contributed by atoms with Crippen molar-refractivity contribution < 1.29 is 19.1 Å². The molecule has 0 heterocycles. The zero-order valence-electron chi connectivity index (χ0n) is 20.6. The Morgan fingerprint density at radius 2 is 1.21 bits per heavy atom. The number of ether oxygens (including phenoxy) is 2. The molecule has 0 spiro atoms. The standard InChI is InChI=1S/C29H44O4/c1-2-3-4-5-6-7-8-9-10-11-12-13-14-15-19-24-28(30)32-25-20-21-26-33-29(31)27-22-17-16-18-23-27/h9-10,16-18,20-23H,2-8,11-15,19,24-26H2,1H3. The van der Waals surface area contributed by atoms with Gasteiger partial charge in [0.2, 0.25) is 0 Å². The smallest absolute Gasteiger partial charge is 0.338 e. The van der Waals surface area contributed by atoms with E-state index in [4.69, 9.17) is 9.47 Å². The van der Waals surface area contributed by atoms with Gasteiger partial charge in [0.25, 0.3) is 0 Å². The fourth-order valence-electron chi connectivity index (χ4n) is 3.47. The number of unbranched alkanes of at least 4 members (excludes halogenated alkanes) is 11. The molecule has 4 heteroatoms. The molecule has 0 aliphatic carbocycles. The third-order valence-corrected chi connectivity index (χ3v) is 5.47. The van der Waals surface area contributed by atoms with Crippen LogP contribution in [0.15, 0.2) is 54.6 Å². The van der Waals surface area contributed by atoms with Crippen LogP contribution in [0, 0.1) is 0 Å². The molecule has 0 aliphatic heterocycles. The molecule has 0 radical (unpaired) electrons. The summed E-state index contributed by atoms with van der Waals surface area (Å²) in [7, 11) is 0. The van der Waals surface area contributed by atoms with E-state index in [-0.39, 0.29) is 25.2 Å². The molecule has 0 fully saturated rings. The van der Waals surface area contributed by atoms with Crippen molar-refractivity contribution in [3.8, 4) is 0 Å². The quantitative estimate of drug-likeness (QED) is 0.113. The van der Waals surface area contributed by atoms with Crippen LogP contribution >= 0.6 is 0 Å². The Morgan fingerprint density at radius 1 is 0.667 bits per heavy atom. The molecule has 0 atom stereocenters. The van der Waals surface area contributed by atoms with E-state index in [0.717, 1.165) is 12.8 Å². The summed E-state index contributed by atoms with van der Waals surface area (Å²) < 4.78 is 10.3. The summed E-state index contributed by atoms with van der Waals surface area (Å²) in [6.07, 6.45) is 24.7. The fraction of sp³-hybridized carbons (Fsp3) is 0.586. The highest BCUT2D eigenvalue weighted by molar-refractivity contribution is 5.89. The monoisotopic (exact) mass is 456 g/mol. The maximum absolute atomic E-state index is 11.8. The van der Waals surface area contributed by atoms with Crippen molar-refractivity contribution >= 4 is 11.9 Å². The molecule has 33 heavy (non-hydrogen) atoms. The van der Waals surface area contributed by atoms with Gasteiger partial charge in [0.1, 0.15) is 13.2 Å². The van der Waals surface area contributed by atoms with Crippen LogP contribution in [0.4, 0.5) is 0 Å². The van der Waals surface area contributed by atoms with Crippen LogP contribution in [0.3, 0.4) is 0 Å². The second-order valence-corrected chi connectivity index (χ2v) is 8.45. The van der Waals surface area contributed by atoms with Crippen molar-refractivity contribution in [1.29, 1.82) is 0 Å². The number of rotatable bonds is 20. The summed E-state index contributed by atoms with van der Waals surface area (Å²) in [5.74, 6) is -0.528. The topological polar surface area (TPSA) is 52.6 Å². The minimum atomic E-state index is -0.360. The zero-order valence-corrected chi connectivity index (χ0v) is 20.6. The molecule has 0 bridgehead atoms. The first-order valence-corrected chi connectivity index (χ1v) is 12.9. The van der Waals surface area contributed by atoms with Crippen LogP contribution in [-0.4, -0.2) is 25.2 Å². The molecule has 0 saturated heterocycles. The molecule has 0 saturated carbocycles. The second-order valence-electron chi connectivity index (χ2n) is 8.45. The van der Waals surface area contributed by atoms with Crippen molar-refractivity contribution in [2.75, 3.05) is 13.2 Å². The Kier molecular flexibility index (Phi) is 18.7. The molecular formula is C29H44O4. The molecular weight excluding hydrogens is 412 g/mol. The normalized spacial score (nSPS) is 11.3. The molecule has 1 aromatic rings. The first-order chi connectivity index (χ1) is 16.2. The van der Waals surface area contributed by atoms with Crippen molar-refractivity contribution in [2.45, 2.75) is 96.8 Å². The lowest BCUT2D eigenvalue weighted by molar-refractivity contribution is -0.142. The van der Waals surface area contributed by atoms with Gasteiger partial charge in [0, 0.05) is 6.42 Å². The van der Waals surface area contributed by atoms with E-state index in [2.05, 4.69) is 19.1 Å². The summed E-state index contributed by atoms with van der Waals surface area (Å²) in [6.45, 7) is 2.64. The summed E-state index contributed by atoms with van der Waals surface area (Å²) in [5, 5.41) is 0. The van der Waals surface area contributed by atoms with Crippen LogP contribution in [0.2, 0.25) is 0 Å². The lowest BCUT2D eigenvalue weighted by Crippen LogP contribution is -2.06. The highest BCUT2D eigenvalue weighted by atomic mass is 16.5. The maximum atomic E-state index is 11.8. The van der Waals surface area contributed by atoms with E-state index >= 15 is 0 Å². The van der Waals surface area contributed by atoms with E-state index in [1.54, 1.807) is 36.4 Å². The van der Waals surface area contributed by atoms with Crippen LogP contribution < -0.4 is 0 Å². The predicted molar refractivity (Wildman–Crippen MR) is 136 cm³/mol. The number of carbonyl (C=O) groups excluding carboxylic acids is 2. The molecule has 1 rings (SSSR count). The largest absolute Gasteiger partial charge is 0.461 e. The van der Waals surface area contributed by atoms with E-state index in [1.807, 2.05) is 6.07 Å². The summed E-state index contributed by atoms with van der Waals surface area (Å²) >= 11 is 0. The van der Waals surface area contributed by atoms with E-state index in [1.165, 1.54) is 70.6 Å². The SMILES string of the molecule is CCCCCCCCC=CCCCCCCCC(=O)OCC=CCOC(=O)c1ccccc1. The third kappa shape index (κ3) is 17.8. The highest BCUT2D eigenvalue weighted by Crippen LogP contribution is 2.10. The molecule has 0 aliphatic rings. The van der Waals surface area contributed by atoms with Crippen molar-refractivity contribution in [3.05, 3.63) is 60.2 Å². The van der Waals surface area contributed by atoms with E-state index in [0.29, 0.717) is 12.0 Å². The van der Waals surface area contributed by atoms with Crippen LogP contribution in [-0.2, 0) is 14.3 Å². The Labute approximate surface area is 201 Å². The van der Waals surface area contributed by atoms with Gasteiger partial charge in [0.15, 0.2) is 0 Å². The van der Waals surface area contributed by atoms with Gasteiger partial charge in [-0.15, -0.1) is 0 Å². The van der Waals surface area contributed by atoms with E-state index < -0.39 is 0 Å². The average molecular weight is 457 g/mol. The van der Waals surface area contributed by atoms with Crippen LogP contribution in [0.25, 0.3) is 0 Å². The summed E-state index contributed by atoms with van der Waals surface area (Å²) in [5.41, 5.74) is 0.525. The number of hydrogen-bond donors (Lipinski definition) is 0. The Bertz CT molecular complexity index is 663. The molecule has 0 aromatic heterocycles. The number of esters is 2. The second kappa shape index (κ2) is 21.5. The Hall–Kier alpha value is -2.36. The van der Waals surface area contributed by atoms with Crippen LogP contribution in [0.5, 0.6) is 0 Å². The predicted octanol–water partition coefficient (Wildman–Crippen LogP) is 7.98. The highest BCUT2D eigenvalue weighted by Gasteiger charge is 2.04. The van der Waals surface area contributed by atoms with Gasteiger partial charge in [-0.05, 0) is 56.4 Å². The number of benzene rings is 1. The first-order valence-electron chi connectivity index (χ1n) is 12.9. The zero-order chi connectivity index (χ0) is 23.8. The summed E-state index contributed by atoms with van der Waals surface area (Å²) in [4.78, 5) is 23.5. The molecule has 0 unspecified atom stereocenters. The van der Waals surface area contributed by atoms with Crippen molar-refractivity contribution in [2.24, 2.45) is 0 Å². The van der Waals surface area contributed by atoms with Gasteiger partial charge >= 0.3 is 11.9 Å². The van der Waals surface area contributed by atoms with Gasteiger partial charge in [-0.25, -0.2) is 4.79 Å². The van der Waals surface area contributed by atoms with Crippen molar-refractivity contribution in [3.63, 3.8) is 0 Å². The number of allylic oxidation sites excluding steroid dienone is 2. The molecule has 4 nitrogen and oxygen atoms in total. The molecule has 1 aromatic carbocycles. The molecule has 184 valence electrons. The Balaban J connectivity index is 1.86. The van der Waals surface area contributed by atoms with Gasteiger partial charge in [-0.1, -0.05) is 88.6 Å². The van der Waals surface area contributed by atoms with Gasteiger partial charge < -0.3 is 9.47 Å². The molecule has 0 amide bonds. The minimum absolute atomic E-state index is 0.166. The first kappa shape index (κ1) is 28.7. The molecule has 0 N–H and O–H groups in total. The van der Waals surface area contributed by atoms with Gasteiger partial charge in [0.05, 0.1) is 5.56 Å². The number of hydrogen-bond acceptors (Lipinski definition) is 4. The maximum Gasteiger partial charge on any atom is 0.338 e.